The van der Waals surface area contributed by atoms with Gasteiger partial charge in [0.25, 0.3) is 5.91 Å². The third-order valence-electron chi connectivity index (χ3n) is 4.25. The van der Waals surface area contributed by atoms with Crippen molar-refractivity contribution in [3.63, 3.8) is 0 Å². The number of anilines is 1. The summed E-state index contributed by atoms with van der Waals surface area (Å²) < 4.78 is 7.77. The fraction of sp³-hybridized carbons (Fsp3) is 0.294. The van der Waals surface area contributed by atoms with Gasteiger partial charge in [0.05, 0.1) is 11.4 Å². The second kappa shape index (κ2) is 5.61. The summed E-state index contributed by atoms with van der Waals surface area (Å²) >= 11 is 1.61. The van der Waals surface area contributed by atoms with Crippen molar-refractivity contribution >= 4 is 27.9 Å². The Morgan fingerprint density at radius 1 is 1.46 bits per heavy atom. The van der Waals surface area contributed by atoms with Crippen molar-refractivity contribution in [1.29, 1.82) is 0 Å². The van der Waals surface area contributed by atoms with E-state index in [0.29, 0.717) is 18.0 Å². The Hall–Kier alpha value is -2.38. The predicted molar refractivity (Wildman–Crippen MR) is 94.7 cm³/mol. The number of amides is 1. The zero-order chi connectivity index (χ0) is 16.8. The Balaban J connectivity index is 1.79. The molecule has 0 radical (unpaired) electrons. The largest absolute Gasteiger partial charge is 0.479 e. The molecule has 3 heterocycles. The summed E-state index contributed by atoms with van der Waals surface area (Å²) in [5.41, 5.74) is 10.5. The van der Waals surface area contributed by atoms with E-state index >= 15 is 0 Å². The molecule has 1 aromatic carbocycles. The molecule has 0 aliphatic carbocycles. The van der Waals surface area contributed by atoms with E-state index in [9.17, 15) is 4.79 Å². The van der Waals surface area contributed by atoms with E-state index in [0.717, 1.165) is 28.3 Å². The number of nitrogens with one attached hydrogen (secondary N) is 1. The molecule has 0 saturated carbocycles. The Morgan fingerprint density at radius 2 is 2.29 bits per heavy atom. The second-order valence-electron chi connectivity index (χ2n) is 5.89. The van der Waals surface area contributed by atoms with Gasteiger partial charge in [0, 0.05) is 28.8 Å². The fourth-order valence-corrected chi connectivity index (χ4v) is 3.98. The first-order valence-electron chi connectivity index (χ1n) is 7.86. The molecule has 2 aromatic heterocycles. The summed E-state index contributed by atoms with van der Waals surface area (Å²) in [5.74, 6) is 0.556. The number of nitrogens with zero attached hydrogens (tertiary/aromatic N) is 2. The van der Waals surface area contributed by atoms with Crippen molar-refractivity contribution in [3.8, 4) is 17.0 Å². The molecule has 1 aliphatic rings. The molecule has 0 saturated heterocycles. The first-order valence-corrected chi connectivity index (χ1v) is 8.74. The van der Waals surface area contributed by atoms with E-state index in [4.69, 9.17) is 15.5 Å². The van der Waals surface area contributed by atoms with Gasteiger partial charge in [-0.05, 0) is 38.6 Å². The first-order chi connectivity index (χ1) is 11.6. The zero-order valence-corrected chi connectivity index (χ0v) is 14.3. The Morgan fingerprint density at radius 3 is 3.08 bits per heavy atom. The van der Waals surface area contributed by atoms with E-state index < -0.39 is 6.10 Å². The number of aromatic nitrogens is 2. The maximum absolute atomic E-state index is 11.8. The minimum atomic E-state index is -0.471. The number of aryl methyl sites for hydroxylation is 1. The van der Waals surface area contributed by atoms with Crippen LogP contribution in [0.3, 0.4) is 0 Å². The molecule has 1 amide bonds. The highest BCUT2D eigenvalue weighted by atomic mass is 32.1. The maximum Gasteiger partial charge on any atom is 0.265 e. The van der Waals surface area contributed by atoms with E-state index in [-0.39, 0.29) is 5.91 Å². The van der Waals surface area contributed by atoms with Crippen LogP contribution >= 0.6 is 11.3 Å². The maximum atomic E-state index is 11.8. The van der Waals surface area contributed by atoms with E-state index in [1.54, 1.807) is 18.3 Å². The highest BCUT2D eigenvalue weighted by Crippen LogP contribution is 2.35. The number of carbonyl (C=O) groups excluding carboxylic acids is 1. The second-order valence-corrected chi connectivity index (χ2v) is 6.73. The van der Waals surface area contributed by atoms with Crippen LogP contribution in [-0.4, -0.2) is 27.9 Å². The van der Waals surface area contributed by atoms with Crippen LogP contribution in [0.25, 0.3) is 16.2 Å². The van der Waals surface area contributed by atoms with Gasteiger partial charge in [-0.2, -0.15) is 0 Å². The third kappa shape index (κ3) is 2.28. The fourth-order valence-electron chi connectivity index (χ4n) is 3.01. The number of carbonyl (C=O) groups is 1. The van der Waals surface area contributed by atoms with Crippen molar-refractivity contribution in [2.45, 2.75) is 26.4 Å². The van der Waals surface area contributed by atoms with Gasteiger partial charge in [-0.1, -0.05) is 0 Å². The van der Waals surface area contributed by atoms with Gasteiger partial charge in [0.15, 0.2) is 11.1 Å². The summed E-state index contributed by atoms with van der Waals surface area (Å²) in [5, 5.41) is 4.99. The third-order valence-corrected chi connectivity index (χ3v) is 5.12. The molecular formula is C17H18N4O2S. The van der Waals surface area contributed by atoms with E-state index in [2.05, 4.69) is 22.0 Å². The van der Waals surface area contributed by atoms with Crippen molar-refractivity contribution in [3.05, 3.63) is 35.0 Å². The SMILES string of the molecule is Cc1c(-c2ccc3c(c2)NC(=O)C(C)O3)nc2scc(CCN)n12. The van der Waals surface area contributed by atoms with Gasteiger partial charge < -0.3 is 15.8 Å². The molecule has 1 unspecified atom stereocenters. The van der Waals surface area contributed by atoms with Gasteiger partial charge in [-0.3, -0.25) is 9.20 Å². The van der Waals surface area contributed by atoms with Crippen molar-refractivity contribution in [2.75, 3.05) is 11.9 Å². The first kappa shape index (κ1) is 15.2. The number of hydrogen-bond acceptors (Lipinski definition) is 5. The molecule has 0 fully saturated rings. The van der Waals surface area contributed by atoms with Crippen LogP contribution < -0.4 is 15.8 Å². The van der Waals surface area contributed by atoms with Crippen LogP contribution in [0.15, 0.2) is 23.6 Å². The predicted octanol–water partition coefficient (Wildman–Crippen LogP) is 2.59. The standard InChI is InChI=1S/C17H18N4O2S/c1-9-15(20-17-21(9)12(5-6-18)8-24-17)11-3-4-14-13(7-11)19-16(22)10(2)23-14/h3-4,7-8,10H,5-6,18H2,1-2H3,(H,19,22). The van der Waals surface area contributed by atoms with Crippen molar-refractivity contribution in [2.24, 2.45) is 5.73 Å². The highest BCUT2D eigenvalue weighted by molar-refractivity contribution is 7.15. The number of nitrogens with two attached hydrogens (primary N) is 1. The van der Waals surface area contributed by atoms with Crippen molar-refractivity contribution < 1.29 is 9.53 Å². The number of fused-ring (bicyclic) bond motifs is 2. The molecule has 7 heteroatoms. The van der Waals surface area contributed by atoms with E-state index in [1.807, 2.05) is 18.2 Å². The molecule has 0 bridgehead atoms. The number of thiazole rings is 1. The molecular weight excluding hydrogens is 324 g/mol. The Labute approximate surface area is 143 Å². The lowest BCUT2D eigenvalue weighted by atomic mass is 10.1. The van der Waals surface area contributed by atoms with Gasteiger partial charge in [0.2, 0.25) is 0 Å². The zero-order valence-electron chi connectivity index (χ0n) is 13.5. The van der Waals surface area contributed by atoms with Gasteiger partial charge >= 0.3 is 0 Å². The summed E-state index contributed by atoms with van der Waals surface area (Å²) in [7, 11) is 0. The molecule has 3 N–H and O–H groups in total. The van der Waals surface area contributed by atoms with Crippen LogP contribution in [0, 0.1) is 6.92 Å². The molecule has 24 heavy (non-hydrogen) atoms. The quantitative estimate of drug-likeness (QED) is 0.766. The monoisotopic (exact) mass is 342 g/mol. The number of benzene rings is 1. The molecule has 3 aromatic rings. The normalized spacial score (nSPS) is 16.8. The summed E-state index contributed by atoms with van der Waals surface area (Å²) in [6.45, 7) is 4.40. The van der Waals surface area contributed by atoms with Crippen molar-refractivity contribution in [1.82, 2.24) is 9.38 Å². The summed E-state index contributed by atoms with van der Waals surface area (Å²) in [6.07, 6.45) is 0.352. The van der Waals surface area contributed by atoms with Gasteiger partial charge in [-0.25, -0.2) is 4.98 Å². The molecule has 124 valence electrons. The molecule has 6 nitrogen and oxygen atoms in total. The van der Waals surface area contributed by atoms with Gasteiger partial charge in [-0.15, -0.1) is 11.3 Å². The minimum Gasteiger partial charge on any atom is -0.479 e. The molecule has 1 aliphatic heterocycles. The van der Waals surface area contributed by atoms with Crippen LogP contribution in [0.4, 0.5) is 5.69 Å². The van der Waals surface area contributed by atoms with E-state index in [1.165, 1.54) is 5.69 Å². The minimum absolute atomic E-state index is 0.132. The molecule has 0 spiro atoms. The highest BCUT2D eigenvalue weighted by Gasteiger charge is 2.24. The topological polar surface area (TPSA) is 81.6 Å². The molecule has 1 atom stereocenters. The van der Waals surface area contributed by atoms with Crippen LogP contribution in [0.2, 0.25) is 0 Å². The smallest absolute Gasteiger partial charge is 0.265 e. The lowest BCUT2D eigenvalue weighted by molar-refractivity contribution is -0.122. The lowest BCUT2D eigenvalue weighted by Gasteiger charge is -2.23. The van der Waals surface area contributed by atoms with Crippen LogP contribution in [-0.2, 0) is 11.2 Å². The Kier molecular flexibility index (Phi) is 3.54. The summed E-state index contributed by atoms with van der Waals surface area (Å²) in [6, 6.07) is 5.78. The number of hydrogen-bond donors (Lipinski definition) is 2. The van der Waals surface area contributed by atoms with Crippen LogP contribution in [0.1, 0.15) is 18.3 Å². The molecule has 4 rings (SSSR count). The lowest BCUT2D eigenvalue weighted by Crippen LogP contribution is -2.34. The van der Waals surface area contributed by atoms with Crippen LogP contribution in [0.5, 0.6) is 5.75 Å². The Bertz CT molecular complexity index is 944. The summed E-state index contributed by atoms with van der Waals surface area (Å²) in [4.78, 5) is 17.5. The number of rotatable bonds is 3. The van der Waals surface area contributed by atoms with Gasteiger partial charge in [0.1, 0.15) is 5.75 Å². The number of imidazole rings is 1. The number of ether oxygens (including phenoxy) is 1. The average Bonchev–Trinajstić information content (AvgIpc) is 3.10. The average molecular weight is 342 g/mol.